The first kappa shape index (κ1) is 20.0. The van der Waals surface area contributed by atoms with Crippen molar-refractivity contribution in [3.05, 3.63) is 30.3 Å². The van der Waals surface area contributed by atoms with Crippen molar-refractivity contribution in [3.8, 4) is 0 Å². The van der Waals surface area contributed by atoms with Gasteiger partial charge in [0.15, 0.2) is 5.96 Å². The van der Waals surface area contributed by atoms with Gasteiger partial charge in [-0.05, 0) is 39.4 Å². The first-order chi connectivity index (χ1) is 13.2. The third kappa shape index (κ3) is 5.84. The Bertz CT molecular complexity index is 582. The standard InChI is InChI=1S/C21H36N6/c1-4-22-21(23-16-18(2)26-14-12-25(3)13-15-26)24-19-10-11-27(17-19)20-8-6-5-7-9-20/h5-9,18-19H,4,10-17H2,1-3H3,(H2,22,23,24). The summed E-state index contributed by atoms with van der Waals surface area (Å²) in [5, 5.41) is 7.08. The average molecular weight is 373 g/mol. The average Bonchev–Trinajstić information content (AvgIpc) is 3.16. The molecule has 2 aliphatic rings. The minimum atomic E-state index is 0.446. The maximum Gasteiger partial charge on any atom is 0.191 e. The zero-order valence-corrected chi connectivity index (χ0v) is 17.2. The molecular formula is C21H36N6. The molecule has 27 heavy (non-hydrogen) atoms. The molecule has 0 amide bonds. The monoisotopic (exact) mass is 372 g/mol. The summed E-state index contributed by atoms with van der Waals surface area (Å²) < 4.78 is 0. The van der Waals surface area contributed by atoms with Crippen LogP contribution in [0.1, 0.15) is 20.3 Å². The summed E-state index contributed by atoms with van der Waals surface area (Å²) in [6, 6.07) is 11.6. The summed E-state index contributed by atoms with van der Waals surface area (Å²) in [6.45, 7) is 12.9. The Morgan fingerprint density at radius 1 is 1.15 bits per heavy atom. The van der Waals surface area contributed by atoms with Crippen LogP contribution in [0.15, 0.2) is 35.3 Å². The predicted octanol–water partition coefficient (Wildman–Crippen LogP) is 1.46. The molecule has 1 aromatic rings. The molecule has 2 unspecified atom stereocenters. The first-order valence-corrected chi connectivity index (χ1v) is 10.4. The summed E-state index contributed by atoms with van der Waals surface area (Å²) in [6.07, 6.45) is 1.15. The molecule has 0 radical (unpaired) electrons. The maximum atomic E-state index is 4.89. The number of para-hydroxylation sites is 1. The van der Waals surface area contributed by atoms with Gasteiger partial charge in [-0.25, -0.2) is 0 Å². The first-order valence-electron chi connectivity index (χ1n) is 10.4. The Kier molecular flexibility index (Phi) is 7.35. The number of nitrogens with one attached hydrogen (secondary N) is 2. The Morgan fingerprint density at radius 3 is 2.59 bits per heavy atom. The van der Waals surface area contributed by atoms with Crippen LogP contribution in [-0.4, -0.2) is 87.2 Å². The Labute approximate surface area is 164 Å². The molecule has 2 aliphatic heterocycles. The molecule has 0 bridgehead atoms. The van der Waals surface area contributed by atoms with E-state index in [0.29, 0.717) is 12.1 Å². The molecule has 3 rings (SSSR count). The molecular weight excluding hydrogens is 336 g/mol. The van der Waals surface area contributed by atoms with E-state index in [1.807, 2.05) is 0 Å². The highest BCUT2D eigenvalue weighted by molar-refractivity contribution is 5.80. The van der Waals surface area contributed by atoms with E-state index in [9.17, 15) is 0 Å². The SMILES string of the molecule is CCNC(=NCC(C)N1CCN(C)CC1)NC1CCN(c2ccccc2)C1. The van der Waals surface area contributed by atoms with E-state index in [1.165, 1.54) is 5.69 Å². The molecule has 6 nitrogen and oxygen atoms in total. The molecule has 2 N–H and O–H groups in total. The molecule has 1 aromatic carbocycles. The number of anilines is 1. The number of piperazine rings is 1. The van der Waals surface area contributed by atoms with Crippen LogP contribution in [0.25, 0.3) is 0 Å². The molecule has 0 aliphatic carbocycles. The van der Waals surface area contributed by atoms with Gasteiger partial charge in [0.25, 0.3) is 0 Å². The van der Waals surface area contributed by atoms with Crippen LogP contribution >= 0.6 is 0 Å². The van der Waals surface area contributed by atoms with Crippen molar-refractivity contribution in [2.45, 2.75) is 32.4 Å². The number of hydrogen-bond acceptors (Lipinski definition) is 4. The van der Waals surface area contributed by atoms with Crippen molar-refractivity contribution in [2.75, 3.05) is 64.3 Å². The molecule has 2 atom stereocenters. The van der Waals surface area contributed by atoms with Crippen molar-refractivity contribution in [1.82, 2.24) is 20.4 Å². The summed E-state index contributed by atoms with van der Waals surface area (Å²) >= 11 is 0. The van der Waals surface area contributed by atoms with E-state index >= 15 is 0 Å². The molecule has 0 aromatic heterocycles. The maximum absolute atomic E-state index is 4.89. The molecule has 0 saturated carbocycles. The fraction of sp³-hybridized carbons (Fsp3) is 0.667. The quantitative estimate of drug-likeness (QED) is 0.585. The van der Waals surface area contributed by atoms with Crippen molar-refractivity contribution in [1.29, 1.82) is 0 Å². The van der Waals surface area contributed by atoms with Crippen LogP contribution in [0.3, 0.4) is 0 Å². The van der Waals surface area contributed by atoms with E-state index in [0.717, 1.165) is 64.7 Å². The van der Waals surface area contributed by atoms with Crippen LogP contribution in [-0.2, 0) is 0 Å². The number of likely N-dealkylation sites (N-methyl/N-ethyl adjacent to an activating group) is 1. The Hall–Kier alpha value is -1.79. The minimum Gasteiger partial charge on any atom is -0.369 e. The van der Waals surface area contributed by atoms with Crippen LogP contribution in [0, 0.1) is 0 Å². The zero-order valence-electron chi connectivity index (χ0n) is 17.2. The van der Waals surface area contributed by atoms with Crippen LogP contribution in [0.4, 0.5) is 5.69 Å². The molecule has 2 fully saturated rings. The Balaban J connectivity index is 1.50. The van der Waals surface area contributed by atoms with Crippen molar-refractivity contribution in [3.63, 3.8) is 0 Å². The molecule has 2 saturated heterocycles. The van der Waals surface area contributed by atoms with Crippen LogP contribution in [0.5, 0.6) is 0 Å². The van der Waals surface area contributed by atoms with Gasteiger partial charge in [-0.3, -0.25) is 9.89 Å². The molecule has 150 valence electrons. The fourth-order valence-electron chi connectivity index (χ4n) is 3.87. The highest BCUT2D eigenvalue weighted by Gasteiger charge is 2.24. The lowest BCUT2D eigenvalue weighted by atomic mass is 10.2. The van der Waals surface area contributed by atoms with E-state index < -0.39 is 0 Å². The normalized spacial score (nSPS) is 23.4. The van der Waals surface area contributed by atoms with Gasteiger partial charge in [-0.15, -0.1) is 0 Å². The lowest BCUT2D eigenvalue weighted by Crippen LogP contribution is -2.49. The number of hydrogen-bond donors (Lipinski definition) is 2. The second kappa shape index (κ2) is 9.95. The molecule has 6 heteroatoms. The number of guanidine groups is 1. The fourth-order valence-corrected chi connectivity index (χ4v) is 3.87. The highest BCUT2D eigenvalue weighted by atomic mass is 15.3. The van der Waals surface area contributed by atoms with E-state index in [2.05, 4.69) is 76.6 Å². The van der Waals surface area contributed by atoms with Crippen LogP contribution in [0.2, 0.25) is 0 Å². The van der Waals surface area contributed by atoms with Gasteiger partial charge in [0, 0.05) is 63.6 Å². The van der Waals surface area contributed by atoms with Gasteiger partial charge in [0.1, 0.15) is 0 Å². The minimum absolute atomic E-state index is 0.446. The van der Waals surface area contributed by atoms with Gasteiger partial charge < -0.3 is 20.4 Å². The highest BCUT2D eigenvalue weighted by Crippen LogP contribution is 2.19. The largest absolute Gasteiger partial charge is 0.369 e. The predicted molar refractivity (Wildman–Crippen MR) is 115 cm³/mol. The lowest BCUT2D eigenvalue weighted by Gasteiger charge is -2.36. The van der Waals surface area contributed by atoms with Crippen molar-refractivity contribution >= 4 is 11.6 Å². The molecule has 0 spiro atoms. The van der Waals surface area contributed by atoms with Gasteiger partial charge in [0.2, 0.25) is 0 Å². The number of aliphatic imine (C=N–C) groups is 1. The summed E-state index contributed by atoms with van der Waals surface area (Å²) in [4.78, 5) is 12.3. The summed E-state index contributed by atoms with van der Waals surface area (Å²) in [5.74, 6) is 0.957. The van der Waals surface area contributed by atoms with Gasteiger partial charge in [0.05, 0.1) is 6.54 Å². The topological polar surface area (TPSA) is 46.1 Å². The molecule has 2 heterocycles. The van der Waals surface area contributed by atoms with Crippen LogP contribution < -0.4 is 15.5 Å². The van der Waals surface area contributed by atoms with Crippen molar-refractivity contribution < 1.29 is 0 Å². The number of benzene rings is 1. The van der Waals surface area contributed by atoms with E-state index in [1.54, 1.807) is 0 Å². The van der Waals surface area contributed by atoms with Gasteiger partial charge in [-0.2, -0.15) is 0 Å². The van der Waals surface area contributed by atoms with E-state index in [4.69, 9.17) is 4.99 Å². The third-order valence-corrected chi connectivity index (χ3v) is 5.67. The number of nitrogens with zero attached hydrogens (tertiary/aromatic N) is 4. The summed E-state index contributed by atoms with van der Waals surface area (Å²) in [5.41, 5.74) is 1.31. The Morgan fingerprint density at radius 2 is 1.89 bits per heavy atom. The number of rotatable bonds is 6. The third-order valence-electron chi connectivity index (χ3n) is 5.67. The second-order valence-corrected chi connectivity index (χ2v) is 7.82. The van der Waals surface area contributed by atoms with Gasteiger partial charge >= 0.3 is 0 Å². The zero-order chi connectivity index (χ0) is 19.1. The van der Waals surface area contributed by atoms with Crippen molar-refractivity contribution in [2.24, 2.45) is 4.99 Å². The van der Waals surface area contributed by atoms with E-state index in [-0.39, 0.29) is 0 Å². The van der Waals surface area contributed by atoms with Gasteiger partial charge in [-0.1, -0.05) is 18.2 Å². The second-order valence-electron chi connectivity index (χ2n) is 7.82. The summed E-state index contributed by atoms with van der Waals surface area (Å²) in [7, 11) is 2.20. The smallest absolute Gasteiger partial charge is 0.191 e. The lowest BCUT2D eigenvalue weighted by molar-refractivity contribution is 0.122.